The van der Waals surface area contributed by atoms with Crippen molar-refractivity contribution < 1.29 is 23.9 Å². The standard InChI is InChI=1S/C34H35N7O6S/c1-21-28-32(44)37-20-38-33(28)48-29(21)34(45)41-13-6-16-47-26-18-23(9-10-25(26)46-2)30-35-11-14-40(30)15-12-36-31(43)24(39-27(42)19-41)17-22-7-4-3-5-8-22/h3-5,7-11,14,18,20,24H,6,12-13,15-17,19H2,1-2H3,(H,36,43)(H,39,42)(H,37,38,44)/t24-/m0/s1. The fraction of sp³-hybridized carbons (Fsp3) is 0.294. The molecular weight excluding hydrogens is 634 g/mol. The lowest BCUT2D eigenvalue weighted by Crippen LogP contribution is -2.51. The molecule has 48 heavy (non-hydrogen) atoms. The van der Waals surface area contributed by atoms with Crippen LogP contribution in [0.4, 0.5) is 0 Å². The number of rotatable bonds is 4. The number of hydrogen-bond donors (Lipinski definition) is 3. The van der Waals surface area contributed by atoms with Crippen molar-refractivity contribution in [3.05, 3.63) is 93.6 Å². The highest BCUT2D eigenvalue weighted by Gasteiger charge is 2.27. The maximum Gasteiger partial charge on any atom is 0.264 e. The van der Waals surface area contributed by atoms with Gasteiger partial charge < -0.3 is 34.6 Å². The van der Waals surface area contributed by atoms with Crippen molar-refractivity contribution in [2.75, 3.05) is 33.4 Å². The molecule has 3 aromatic heterocycles. The molecule has 1 atom stereocenters. The Kier molecular flexibility index (Phi) is 9.80. The number of carbonyl (C=O) groups excluding carboxylic acids is 3. The van der Waals surface area contributed by atoms with Gasteiger partial charge in [-0.1, -0.05) is 30.3 Å². The summed E-state index contributed by atoms with van der Waals surface area (Å²) in [5.41, 5.74) is 1.83. The summed E-state index contributed by atoms with van der Waals surface area (Å²) in [6.07, 6.45) is 5.46. The monoisotopic (exact) mass is 669 g/mol. The van der Waals surface area contributed by atoms with Crippen LogP contribution in [-0.4, -0.2) is 81.5 Å². The molecule has 1 aliphatic rings. The first kappa shape index (κ1) is 32.4. The number of aromatic amines is 1. The number of ether oxygens (including phenoxy) is 2. The van der Waals surface area contributed by atoms with E-state index in [9.17, 15) is 19.2 Å². The number of benzene rings is 2. The van der Waals surface area contributed by atoms with Gasteiger partial charge in [0, 0.05) is 44.0 Å². The summed E-state index contributed by atoms with van der Waals surface area (Å²) >= 11 is 1.10. The Morgan fingerprint density at radius 2 is 1.94 bits per heavy atom. The highest BCUT2D eigenvalue weighted by molar-refractivity contribution is 7.20. The van der Waals surface area contributed by atoms with Crippen LogP contribution in [0.5, 0.6) is 11.5 Å². The average Bonchev–Trinajstić information content (AvgIpc) is 3.70. The molecule has 5 aromatic rings. The van der Waals surface area contributed by atoms with Gasteiger partial charge in [0.1, 0.15) is 16.7 Å². The molecule has 0 unspecified atom stereocenters. The molecule has 4 heterocycles. The Balaban J connectivity index is 1.32. The molecule has 2 bridgehead atoms. The van der Waals surface area contributed by atoms with Crippen LogP contribution in [-0.2, 0) is 22.6 Å². The second-order valence-corrected chi connectivity index (χ2v) is 12.3. The maximum atomic E-state index is 14.0. The van der Waals surface area contributed by atoms with Crippen molar-refractivity contribution in [2.24, 2.45) is 0 Å². The van der Waals surface area contributed by atoms with E-state index in [0.29, 0.717) is 50.9 Å². The molecule has 0 aliphatic carbocycles. The number of nitrogens with zero attached hydrogens (tertiary/aromatic N) is 4. The van der Waals surface area contributed by atoms with Gasteiger partial charge in [0.2, 0.25) is 11.8 Å². The number of amides is 3. The van der Waals surface area contributed by atoms with E-state index < -0.39 is 17.9 Å². The quantitative estimate of drug-likeness (QED) is 0.263. The van der Waals surface area contributed by atoms with Crippen LogP contribution in [0.3, 0.4) is 0 Å². The van der Waals surface area contributed by atoms with Crippen LogP contribution < -0.4 is 25.7 Å². The van der Waals surface area contributed by atoms with E-state index in [0.717, 1.165) is 22.5 Å². The summed E-state index contributed by atoms with van der Waals surface area (Å²) in [5.74, 6) is 0.463. The summed E-state index contributed by atoms with van der Waals surface area (Å²) in [7, 11) is 1.56. The van der Waals surface area contributed by atoms with Gasteiger partial charge in [-0.15, -0.1) is 11.3 Å². The van der Waals surface area contributed by atoms with Gasteiger partial charge in [0.25, 0.3) is 11.5 Å². The second-order valence-electron chi connectivity index (χ2n) is 11.3. The van der Waals surface area contributed by atoms with Crippen molar-refractivity contribution in [2.45, 2.75) is 32.4 Å². The molecule has 2 aromatic carbocycles. The minimum absolute atomic E-state index is 0.158. The van der Waals surface area contributed by atoms with E-state index in [1.165, 1.54) is 11.2 Å². The molecule has 0 spiro atoms. The Morgan fingerprint density at radius 1 is 1.10 bits per heavy atom. The molecule has 248 valence electrons. The first-order valence-corrected chi connectivity index (χ1v) is 16.3. The third-order valence-corrected chi connectivity index (χ3v) is 9.29. The predicted octanol–water partition coefficient (Wildman–Crippen LogP) is 2.93. The van der Waals surface area contributed by atoms with E-state index in [4.69, 9.17) is 9.47 Å². The lowest BCUT2D eigenvalue weighted by atomic mass is 10.1. The molecule has 0 radical (unpaired) electrons. The average molecular weight is 670 g/mol. The zero-order valence-electron chi connectivity index (χ0n) is 26.5. The smallest absolute Gasteiger partial charge is 0.264 e. The van der Waals surface area contributed by atoms with Crippen molar-refractivity contribution in [1.82, 2.24) is 35.1 Å². The molecule has 13 nitrogen and oxygen atoms in total. The van der Waals surface area contributed by atoms with Crippen LogP contribution >= 0.6 is 11.3 Å². The largest absolute Gasteiger partial charge is 0.493 e. The third-order valence-electron chi connectivity index (χ3n) is 8.10. The van der Waals surface area contributed by atoms with E-state index in [-0.39, 0.29) is 44.1 Å². The van der Waals surface area contributed by atoms with E-state index in [1.54, 1.807) is 26.3 Å². The molecular formula is C34H35N7O6S. The number of aromatic nitrogens is 4. The Hall–Kier alpha value is -5.50. The van der Waals surface area contributed by atoms with Crippen LogP contribution in [0.1, 0.15) is 27.2 Å². The number of thiophene rings is 1. The SMILES string of the molecule is COc1ccc2cc1OCCCN(C(=O)c1sc3nc[nH]c(=O)c3c1C)CC(=O)N[C@@H](Cc1ccccc1)C(=O)NCCn1ccnc1-2. The number of nitrogens with one attached hydrogen (secondary N) is 3. The highest BCUT2D eigenvalue weighted by Crippen LogP contribution is 2.32. The number of imidazole rings is 1. The lowest BCUT2D eigenvalue weighted by Gasteiger charge is -2.25. The Morgan fingerprint density at radius 3 is 2.73 bits per heavy atom. The summed E-state index contributed by atoms with van der Waals surface area (Å²) in [4.78, 5) is 67.1. The van der Waals surface area contributed by atoms with Crippen LogP contribution in [0, 0.1) is 6.92 Å². The van der Waals surface area contributed by atoms with Gasteiger partial charge in [0.05, 0.1) is 36.9 Å². The van der Waals surface area contributed by atoms with Gasteiger partial charge in [-0.2, -0.15) is 0 Å². The molecule has 3 N–H and O–H groups in total. The summed E-state index contributed by atoms with van der Waals surface area (Å²) < 4.78 is 13.6. The predicted molar refractivity (Wildman–Crippen MR) is 180 cm³/mol. The van der Waals surface area contributed by atoms with E-state index >= 15 is 0 Å². The van der Waals surface area contributed by atoms with Crippen LogP contribution in [0.15, 0.2) is 72.0 Å². The van der Waals surface area contributed by atoms with Crippen LogP contribution in [0.2, 0.25) is 0 Å². The number of H-pyrrole nitrogens is 1. The Labute approximate surface area is 279 Å². The van der Waals surface area contributed by atoms with Gasteiger partial charge in [-0.3, -0.25) is 19.2 Å². The highest BCUT2D eigenvalue weighted by atomic mass is 32.1. The van der Waals surface area contributed by atoms with Gasteiger partial charge in [-0.05, 0) is 42.7 Å². The number of methoxy groups -OCH3 is 1. The fourth-order valence-electron chi connectivity index (χ4n) is 5.69. The number of fused-ring (bicyclic) bond motifs is 5. The van der Waals surface area contributed by atoms with Gasteiger partial charge >= 0.3 is 0 Å². The zero-order valence-corrected chi connectivity index (χ0v) is 27.3. The first-order chi connectivity index (χ1) is 23.3. The van der Waals surface area contributed by atoms with Gasteiger partial charge in [-0.25, -0.2) is 9.97 Å². The zero-order chi connectivity index (χ0) is 33.6. The van der Waals surface area contributed by atoms with Crippen molar-refractivity contribution in [3.63, 3.8) is 0 Å². The molecule has 0 fully saturated rings. The molecule has 14 heteroatoms. The summed E-state index contributed by atoms with van der Waals surface area (Å²) in [5, 5.41) is 6.16. The fourth-order valence-corrected chi connectivity index (χ4v) is 6.81. The number of carbonyl (C=O) groups is 3. The normalized spacial score (nSPS) is 16.2. The molecule has 1 aliphatic heterocycles. The van der Waals surface area contributed by atoms with Crippen molar-refractivity contribution >= 4 is 39.3 Å². The lowest BCUT2D eigenvalue weighted by molar-refractivity contribution is -0.129. The first-order valence-electron chi connectivity index (χ1n) is 15.5. The summed E-state index contributed by atoms with van der Waals surface area (Å²) in [6.45, 7) is 2.47. The van der Waals surface area contributed by atoms with E-state index in [1.807, 2.05) is 53.2 Å². The second kappa shape index (κ2) is 14.5. The molecule has 3 amide bonds. The van der Waals surface area contributed by atoms with Crippen molar-refractivity contribution in [3.8, 4) is 22.9 Å². The van der Waals surface area contributed by atoms with E-state index in [2.05, 4.69) is 25.6 Å². The summed E-state index contributed by atoms with van der Waals surface area (Å²) in [6, 6.07) is 14.1. The Bertz CT molecular complexity index is 2000. The number of hydrogen-bond acceptors (Lipinski definition) is 9. The van der Waals surface area contributed by atoms with Crippen molar-refractivity contribution in [1.29, 1.82) is 0 Å². The minimum Gasteiger partial charge on any atom is -0.493 e. The van der Waals surface area contributed by atoms with Crippen LogP contribution in [0.25, 0.3) is 21.6 Å². The molecule has 6 rings (SSSR count). The minimum atomic E-state index is -0.890. The topological polar surface area (TPSA) is 161 Å². The molecule has 0 saturated carbocycles. The molecule has 0 saturated heterocycles. The number of aryl methyl sites for hydroxylation is 1. The maximum absolute atomic E-state index is 14.0. The van der Waals surface area contributed by atoms with Gasteiger partial charge in [0.15, 0.2) is 11.5 Å². The third kappa shape index (κ3) is 7.08.